The number of benzene rings is 2. The zero-order valence-electron chi connectivity index (χ0n) is 16.3. The Morgan fingerprint density at radius 3 is 2.55 bits per heavy atom. The number of ether oxygens (including phenoxy) is 4. The number of anilines is 1. The van der Waals surface area contributed by atoms with Crippen LogP contribution >= 0.6 is 0 Å². The molecule has 0 aliphatic carbocycles. The van der Waals surface area contributed by atoms with Gasteiger partial charge in [-0.05, 0) is 49.8 Å². The average molecular weight is 397 g/mol. The Morgan fingerprint density at radius 1 is 1.10 bits per heavy atom. The van der Waals surface area contributed by atoms with Gasteiger partial charge in [-0.3, -0.25) is 4.79 Å². The molecule has 3 rings (SSSR count). The van der Waals surface area contributed by atoms with Crippen LogP contribution in [0.4, 0.5) is 5.69 Å². The van der Waals surface area contributed by atoms with E-state index < -0.39 is 18.0 Å². The van der Waals surface area contributed by atoms with E-state index in [1.807, 2.05) is 31.2 Å². The van der Waals surface area contributed by atoms with Gasteiger partial charge in [0, 0.05) is 17.8 Å². The van der Waals surface area contributed by atoms with Gasteiger partial charge >= 0.3 is 5.97 Å². The molecule has 7 heteroatoms. The van der Waals surface area contributed by atoms with Crippen LogP contribution < -0.4 is 19.5 Å². The maximum absolute atomic E-state index is 12.3. The number of amides is 1. The van der Waals surface area contributed by atoms with E-state index in [0.29, 0.717) is 37.0 Å². The normalized spacial score (nSPS) is 13.6. The maximum atomic E-state index is 12.3. The fraction of sp³-hybridized carbons (Fsp3) is 0.273. The van der Waals surface area contributed by atoms with Gasteiger partial charge in [-0.15, -0.1) is 0 Å². The lowest BCUT2D eigenvalue weighted by Gasteiger charge is -2.19. The monoisotopic (exact) mass is 397 g/mol. The van der Waals surface area contributed by atoms with Crippen molar-refractivity contribution in [2.45, 2.75) is 20.0 Å². The number of nitrogens with one attached hydrogen (secondary N) is 1. The lowest BCUT2D eigenvalue weighted by molar-refractivity contribution is -0.148. The van der Waals surface area contributed by atoms with Crippen molar-refractivity contribution in [3.05, 3.63) is 54.1 Å². The van der Waals surface area contributed by atoms with E-state index in [-0.39, 0.29) is 0 Å². The van der Waals surface area contributed by atoms with Gasteiger partial charge in [0.1, 0.15) is 19.0 Å². The summed E-state index contributed by atoms with van der Waals surface area (Å²) in [4.78, 5) is 24.3. The van der Waals surface area contributed by atoms with Crippen molar-refractivity contribution >= 4 is 23.6 Å². The Balaban J connectivity index is 1.51. The molecule has 0 aromatic heterocycles. The summed E-state index contributed by atoms with van der Waals surface area (Å²) >= 11 is 0. The zero-order chi connectivity index (χ0) is 20.6. The largest absolute Gasteiger partial charge is 0.494 e. The Labute approximate surface area is 169 Å². The summed E-state index contributed by atoms with van der Waals surface area (Å²) in [5.74, 6) is 0.912. The van der Waals surface area contributed by atoms with Crippen molar-refractivity contribution in [3.63, 3.8) is 0 Å². The molecule has 1 N–H and O–H groups in total. The number of esters is 1. The first-order valence-electron chi connectivity index (χ1n) is 9.37. The predicted molar refractivity (Wildman–Crippen MR) is 108 cm³/mol. The molecular formula is C22H23NO6. The molecule has 0 unspecified atom stereocenters. The highest BCUT2D eigenvalue weighted by Gasteiger charge is 2.18. The molecule has 0 saturated carbocycles. The molecule has 1 aliphatic rings. The smallest absolute Gasteiger partial charge is 0.331 e. The number of rotatable bonds is 7. The lowest BCUT2D eigenvalue weighted by Crippen LogP contribution is -2.29. The van der Waals surface area contributed by atoms with Crippen molar-refractivity contribution in [3.8, 4) is 17.2 Å². The van der Waals surface area contributed by atoms with Crippen LogP contribution in [0.15, 0.2) is 48.5 Å². The Bertz CT molecular complexity index is 891. The second kappa shape index (κ2) is 9.64. The Hall–Kier alpha value is -3.48. The highest BCUT2D eigenvalue weighted by atomic mass is 16.6. The minimum atomic E-state index is -0.958. The summed E-state index contributed by atoms with van der Waals surface area (Å²) < 4.78 is 21.5. The van der Waals surface area contributed by atoms with Crippen molar-refractivity contribution < 1.29 is 28.5 Å². The molecule has 0 fully saturated rings. The van der Waals surface area contributed by atoms with Crippen molar-refractivity contribution in [2.75, 3.05) is 25.1 Å². The fourth-order valence-corrected chi connectivity index (χ4v) is 2.64. The van der Waals surface area contributed by atoms with E-state index in [1.165, 1.54) is 13.0 Å². The summed E-state index contributed by atoms with van der Waals surface area (Å²) in [6.07, 6.45) is 1.94. The molecule has 7 nitrogen and oxygen atoms in total. The fourth-order valence-electron chi connectivity index (χ4n) is 2.64. The standard InChI is InChI=1S/C22H23NO6/c1-3-26-18-8-4-16(5-9-18)6-11-21(24)29-15(2)22(25)23-17-7-10-19-20(14-17)28-13-12-27-19/h4-11,14-15H,3,12-13H2,1-2H3,(H,23,25)/b11-6+/t15-/m0/s1. The molecule has 2 aromatic carbocycles. The second-order valence-electron chi connectivity index (χ2n) is 6.26. The number of carbonyl (C=O) groups excluding carboxylic acids is 2. The first kappa shape index (κ1) is 20.3. The molecule has 0 saturated heterocycles. The third-order valence-electron chi connectivity index (χ3n) is 4.07. The van der Waals surface area contributed by atoms with Gasteiger partial charge in [-0.2, -0.15) is 0 Å². The van der Waals surface area contributed by atoms with Gasteiger partial charge < -0.3 is 24.3 Å². The first-order valence-corrected chi connectivity index (χ1v) is 9.37. The molecule has 1 atom stereocenters. The number of hydrogen-bond acceptors (Lipinski definition) is 6. The maximum Gasteiger partial charge on any atom is 0.331 e. The third kappa shape index (κ3) is 5.75. The highest BCUT2D eigenvalue weighted by Crippen LogP contribution is 2.32. The molecule has 152 valence electrons. The van der Waals surface area contributed by atoms with Crippen LogP contribution in [-0.2, 0) is 14.3 Å². The number of hydrogen-bond donors (Lipinski definition) is 1. The molecule has 0 bridgehead atoms. The summed E-state index contributed by atoms with van der Waals surface area (Å²) in [5.41, 5.74) is 1.35. The quantitative estimate of drug-likeness (QED) is 0.569. The van der Waals surface area contributed by atoms with E-state index >= 15 is 0 Å². The predicted octanol–water partition coefficient (Wildman–Crippen LogP) is 3.44. The van der Waals surface area contributed by atoms with Crippen LogP contribution in [0.25, 0.3) is 6.08 Å². The topological polar surface area (TPSA) is 83.1 Å². The van der Waals surface area contributed by atoms with Crippen LogP contribution in [0.5, 0.6) is 17.2 Å². The van der Waals surface area contributed by atoms with Gasteiger partial charge in [0.05, 0.1) is 6.61 Å². The molecule has 0 radical (unpaired) electrons. The highest BCUT2D eigenvalue weighted by molar-refractivity contribution is 5.96. The molecule has 0 spiro atoms. The Morgan fingerprint density at radius 2 is 1.83 bits per heavy atom. The third-order valence-corrected chi connectivity index (χ3v) is 4.07. The SMILES string of the molecule is CCOc1ccc(/C=C/C(=O)O[C@@H](C)C(=O)Nc2ccc3c(c2)OCCO3)cc1. The molecule has 29 heavy (non-hydrogen) atoms. The van der Waals surface area contributed by atoms with Gasteiger partial charge in [-0.25, -0.2) is 4.79 Å². The summed E-state index contributed by atoms with van der Waals surface area (Å²) in [5, 5.41) is 2.70. The van der Waals surface area contributed by atoms with Crippen LogP contribution in [0.1, 0.15) is 19.4 Å². The van der Waals surface area contributed by atoms with Gasteiger partial charge in [-0.1, -0.05) is 12.1 Å². The summed E-state index contributed by atoms with van der Waals surface area (Å²) in [7, 11) is 0. The van der Waals surface area contributed by atoms with E-state index in [4.69, 9.17) is 18.9 Å². The first-order chi connectivity index (χ1) is 14.0. The van der Waals surface area contributed by atoms with Crippen molar-refractivity contribution in [1.82, 2.24) is 0 Å². The van der Waals surface area contributed by atoms with E-state index in [9.17, 15) is 9.59 Å². The van der Waals surface area contributed by atoms with Gasteiger partial charge in [0.25, 0.3) is 5.91 Å². The summed E-state index contributed by atoms with van der Waals surface area (Å²) in [6.45, 7) is 4.97. The second-order valence-corrected chi connectivity index (χ2v) is 6.26. The molecular weight excluding hydrogens is 374 g/mol. The van der Waals surface area contributed by atoms with Gasteiger partial charge in [0.2, 0.25) is 0 Å². The molecule has 2 aromatic rings. The van der Waals surface area contributed by atoms with Crippen LogP contribution in [0, 0.1) is 0 Å². The minimum absolute atomic E-state index is 0.440. The van der Waals surface area contributed by atoms with E-state index in [1.54, 1.807) is 24.3 Å². The molecule has 1 amide bonds. The number of fused-ring (bicyclic) bond motifs is 1. The average Bonchev–Trinajstić information content (AvgIpc) is 2.73. The number of carbonyl (C=O) groups is 2. The minimum Gasteiger partial charge on any atom is -0.494 e. The summed E-state index contributed by atoms with van der Waals surface area (Å²) in [6, 6.07) is 12.4. The van der Waals surface area contributed by atoms with Crippen LogP contribution in [-0.4, -0.2) is 37.8 Å². The molecule has 1 aliphatic heterocycles. The lowest BCUT2D eigenvalue weighted by atomic mass is 10.2. The van der Waals surface area contributed by atoms with Gasteiger partial charge in [0.15, 0.2) is 17.6 Å². The van der Waals surface area contributed by atoms with Crippen molar-refractivity contribution in [2.24, 2.45) is 0 Å². The molecule has 1 heterocycles. The van der Waals surface area contributed by atoms with E-state index in [0.717, 1.165) is 11.3 Å². The van der Waals surface area contributed by atoms with Crippen molar-refractivity contribution in [1.29, 1.82) is 0 Å². The van der Waals surface area contributed by atoms with Crippen LogP contribution in [0.2, 0.25) is 0 Å². The van der Waals surface area contributed by atoms with E-state index in [2.05, 4.69) is 5.32 Å². The van der Waals surface area contributed by atoms with Crippen LogP contribution in [0.3, 0.4) is 0 Å². The Kier molecular flexibility index (Phi) is 6.73. The zero-order valence-corrected chi connectivity index (χ0v) is 16.3.